The van der Waals surface area contributed by atoms with Crippen LogP contribution in [0.1, 0.15) is 22.3 Å². The van der Waals surface area contributed by atoms with Gasteiger partial charge in [-0.05, 0) is 62.4 Å². The van der Waals surface area contributed by atoms with Crippen molar-refractivity contribution < 1.29 is 24.3 Å². The highest BCUT2D eigenvalue weighted by atomic mass is 79.9. The number of benzene rings is 4. The molecule has 0 unspecified atom stereocenters. The second-order valence-corrected chi connectivity index (χ2v) is 9.24. The van der Waals surface area contributed by atoms with Crippen LogP contribution in [-0.2, 0) is 17.0 Å². The van der Waals surface area contributed by atoms with Crippen LogP contribution in [0.5, 0.6) is 11.5 Å². The maximum absolute atomic E-state index is 13.2. The van der Waals surface area contributed by atoms with Crippen LogP contribution in [0, 0.1) is 10.1 Å². The van der Waals surface area contributed by atoms with Gasteiger partial charge < -0.3 is 14.6 Å². The van der Waals surface area contributed by atoms with Gasteiger partial charge in [0.05, 0.1) is 22.7 Å². The zero-order chi connectivity index (χ0) is 27.8. The van der Waals surface area contributed by atoms with Crippen molar-refractivity contribution in [2.75, 3.05) is 7.11 Å². The quantitative estimate of drug-likeness (QED) is 0.146. The lowest BCUT2D eigenvalue weighted by Gasteiger charge is -2.27. The first-order valence-electron chi connectivity index (χ1n) is 11.7. The molecule has 10 heteroatoms. The number of hydrazone groups is 1. The highest BCUT2D eigenvalue weighted by Gasteiger charge is 2.39. The molecule has 0 spiro atoms. The molecule has 0 heterocycles. The third kappa shape index (κ3) is 6.31. The van der Waals surface area contributed by atoms with Gasteiger partial charge in [0.2, 0.25) is 0 Å². The molecule has 0 saturated heterocycles. The number of carbonyl (C=O) groups is 1. The van der Waals surface area contributed by atoms with Crippen LogP contribution in [0.2, 0.25) is 0 Å². The van der Waals surface area contributed by atoms with E-state index in [1.54, 1.807) is 84.9 Å². The molecule has 198 valence electrons. The predicted octanol–water partition coefficient (Wildman–Crippen LogP) is 5.33. The number of nitrogens with one attached hydrogen (secondary N) is 1. The van der Waals surface area contributed by atoms with E-state index in [0.29, 0.717) is 32.7 Å². The summed E-state index contributed by atoms with van der Waals surface area (Å²) < 4.78 is 11.9. The summed E-state index contributed by atoms with van der Waals surface area (Å²) >= 11 is 3.47. The molecule has 0 aliphatic heterocycles. The highest BCUT2D eigenvalue weighted by Crippen LogP contribution is 2.37. The summed E-state index contributed by atoms with van der Waals surface area (Å²) in [6.45, 7) is 0.161. The lowest BCUT2D eigenvalue weighted by atomic mass is 9.85. The Balaban J connectivity index is 1.50. The van der Waals surface area contributed by atoms with Crippen molar-refractivity contribution in [2.24, 2.45) is 5.10 Å². The summed E-state index contributed by atoms with van der Waals surface area (Å²) in [4.78, 5) is 23.6. The normalized spacial score (nSPS) is 11.3. The van der Waals surface area contributed by atoms with Crippen LogP contribution in [0.15, 0.2) is 107 Å². The van der Waals surface area contributed by atoms with Crippen molar-refractivity contribution in [1.82, 2.24) is 5.43 Å². The number of hydrogen-bond donors (Lipinski definition) is 2. The Hall–Kier alpha value is -4.54. The van der Waals surface area contributed by atoms with Crippen LogP contribution in [0.4, 0.5) is 5.69 Å². The lowest BCUT2D eigenvalue weighted by Crippen LogP contribution is -2.43. The Kier molecular flexibility index (Phi) is 8.70. The van der Waals surface area contributed by atoms with Crippen molar-refractivity contribution in [3.05, 3.63) is 134 Å². The van der Waals surface area contributed by atoms with Gasteiger partial charge in [0.15, 0.2) is 17.1 Å². The largest absolute Gasteiger partial charge is 0.493 e. The van der Waals surface area contributed by atoms with Crippen LogP contribution < -0.4 is 14.9 Å². The number of halogens is 1. The van der Waals surface area contributed by atoms with E-state index in [-0.39, 0.29) is 12.3 Å². The standard InChI is InChI=1S/C29H24BrN3O6/c1-38-26-17-21(16-25(30)27(26)39-19-20-12-14-24(15-13-20)33(36)37)18-31-32-28(34)29(35,22-8-4-2-5-9-22)23-10-6-3-7-11-23/h2-18,35H,19H2,1H3,(H,32,34)/b31-18-. The maximum atomic E-state index is 13.2. The molecule has 9 nitrogen and oxygen atoms in total. The topological polar surface area (TPSA) is 123 Å². The van der Waals surface area contributed by atoms with Gasteiger partial charge in [-0.3, -0.25) is 14.9 Å². The van der Waals surface area contributed by atoms with Crippen molar-refractivity contribution in [3.8, 4) is 11.5 Å². The highest BCUT2D eigenvalue weighted by molar-refractivity contribution is 9.10. The molecule has 2 N–H and O–H groups in total. The molecule has 39 heavy (non-hydrogen) atoms. The number of ether oxygens (including phenoxy) is 2. The number of non-ortho nitro benzene ring substituents is 1. The minimum atomic E-state index is -1.95. The van der Waals surface area contributed by atoms with E-state index in [1.165, 1.54) is 25.5 Å². The molecule has 0 atom stereocenters. The van der Waals surface area contributed by atoms with Gasteiger partial charge in [0.25, 0.3) is 11.6 Å². The first kappa shape index (κ1) is 27.5. The minimum Gasteiger partial charge on any atom is -0.493 e. The Bertz CT molecular complexity index is 1440. The summed E-state index contributed by atoms with van der Waals surface area (Å²) in [5, 5.41) is 26.4. The fourth-order valence-electron chi connectivity index (χ4n) is 3.86. The average Bonchev–Trinajstić information content (AvgIpc) is 2.97. The van der Waals surface area contributed by atoms with Gasteiger partial charge in [0, 0.05) is 12.1 Å². The number of hydrogen-bond acceptors (Lipinski definition) is 7. The molecule has 0 aliphatic rings. The van der Waals surface area contributed by atoms with Crippen molar-refractivity contribution >= 4 is 33.7 Å². The number of rotatable bonds is 10. The monoisotopic (exact) mass is 589 g/mol. The van der Waals surface area contributed by atoms with Crippen LogP contribution in [0.3, 0.4) is 0 Å². The van der Waals surface area contributed by atoms with Crippen molar-refractivity contribution in [2.45, 2.75) is 12.2 Å². The minimum absolute atomic E-state index is 0.000723. The molecular weight excluding hydrogens is 566 g/mol. The second-order valence-electron chi connectivity index (χ2n) is 8.39. The molecule has 4 rings (SSSR count). The Morgan fingerprint density at radius 2 is 1.62 bits per heavy atom. The van der Waals surface area contributed by atoms with Gasteiger partial charge in [-0.15, -0.1) is 0 Å². The molecule has 0 fully saturated rings. The third-order valence-corrected chi connectivity index (χ3v) is 6.46. The third-order valence-electron chi connectivity index (χ3n) is 5.87. The number of nitro benzene ring substituents is 1. The number of nitro groups is 1. The van der Waals surface area contributed by atoms with Gasteiger partial charge in [0.1, 0.15) is 6.61 Å². The average molecular weight is 590 g/mol. The molecule has 0 saturated carbocycles. The number of aliphatic hydroxyl groups is 1. The van der Waals surface area contributed by atoms with E-state index in [2.05, 4.69) is 26.5 Å². The van der Waals surface area contributed by atoms with E-state index in [9.17, 15) is 20.0 Å². The molecule has 0 aromatic heterocycles. The van der Waals surface area contributed by atoms with Gasteiger partial charge >= 0.3 is 0 Å². The first-order chi connectivity index (χ1) is 18.8. The molecule has 0 aliphatic carbocycles. The smallest absolute Gasteiger partial charge is 0.281 e. The van der Waals surface area contributed by atoms with Gasteiger partial charge in [-0.2, -0.15) is 5.10 Å². The fraction of sp³-hybridized carbons (Fsp3) is 0.103. The Labute approximate surface area is 233 Å². The van der Waals surface area contributed by atoms with Gasteiger partial charge in [-0.1, -0.05) is 60.7 Å². The van der Waals surface area contributed by atoms with Crippen LogP contribution >= 0.6 is 15.9 Å². The van der Waals surface area contributed by atoms with Crippen LogP contribution in [0.25, 0.3) is 0 Å². The van der Waals surface area contributed by atoms with Crippen LogP contribution in [-0.4, -0.2) is 29.3 Å². The van der Waals surface area contributed by atoms with E-state index in [1.807, 2.05) is 0 Å². The zero-order valence-corrected chi connectivity index (χ0v) is 22.4. The summed E-state index contributed by atoms with van der Waals surface area (Å²) in [5.41, 5.74) is 2.63. The van der Waals surface area contributed by atoms with E-state index < -0.39 is 16.4 Å². The molecule has 0 radical (unpaired) electrons. The Morgan fingerprint density at radius 1 is 1.03 bits per heavy atom. The summed E-state index contributed by atoms with van der Waals surface area (Å²) in [6, 6.07) is 26.7. The van der Waals surface area contributed by atoms with E-state index in [4.69, 9.17) is 9.47 Å². The summed E-state index contributed by atoms with van der Waals surface area (Å²) in [7, 11) is 1.49. The molecule has 0 bridgehead atoms. The number of methoxy groups -OCH3 is 1. The number of nitrogens with zero attached hydrogens (tertiary/aromatic N) is 2. The SMILES string of the molecule is COc1cc(/C=N\NC(=O)C(O)(c2ccccc2)c2ccccc2)cc(Br)c1OCc1ccc([N+](=O)[O-])cc1. The van der Waals surface area contributed by atoms with E-state index >= 15 is 0 Å². The van der Waals surface area contributed by atoms with Crippen molar-refractivity contribution in [1.29, 1.82) is 0 Å². The summed E-state index contributed by atoms with van der Waals surface area (Å²) in [6.07, 6.45) is 1.42. The predicted molar refractivity (Wildman–Crippen MR) is 150 cm³/mol. The zero-order valence-electron chi connectivity index (χ0n) is 20.8. The second kappa shape index (κ2) is 12.3. The Morgan fingerprint density at radius 3 is 2.15 bits per heavy atom. The number of carbonyl (C=O) groups excluding carboxylic acids is 1. The first-order valence-corrected chi connectivity index (χ1v) is 12.5. The molecule has 4 aromatic carbocycles. The molecular formula is C29H24BrN3O6. The summed E-state index contributed by atoms with van der Waals surface area (Å²) in [5.74, 6) is 0.119. The van der Waals surface area contributed by atoms with Crippen molar-refractivity contribution in [3.63, 3.8) is 0 Å². The van der Waals surface area contributed by atoms with E-state index in [0.717, 1.165) is 5.56 Å². The number of amides is 1. The molecule has 4 aromatic rings. The van der Waals surface area contributed by atoms with Gasteiger partial charge in [-0.25, -0.2) is 5.43 Å². The fourth-order valence-corrected chi connectivity index (χ4v) is 4.43. The molecule has 1 amide bonds. The lowest BCUT2D eigenvalue weighted by molar-refractivity contribution is -0.384. The maximum Gasteiger partial charge on any atom is 0.281 e.